The Balaban J connectivity index is 2.20. The maximum Gasteiger partial charge on any atom is 0.0192 e. The highest BCUT2D eigenvalue weighted by Crippen LogP contribution is 2.09. The molecule has 1 N–H and O–H groups in total. The van der Waals surface area contributed by atoms with Crippen molar-refractivity contribution in [3.05, 3.63) is 0 Å². The normalized spacial score (nSPS) is 22.9. The Kier molecular flexibility index (Phi) is 7.01. The Bertz CT molecular complexity index is 173. The average Bonchev–Trinajstić information content (AvgIpc) is 2.34. The fourth-order valence-electron chi connectivity index (χ4n) is 2.52. The third-order valence-corrected chi connectivity index (χ3v) is 3.63. The number of hydrogen-bond acceptors (Lipinski definition) is 3. The zero-order chi connectivity index (χ0) is 11.8. The van der Waals surface area contributed by atoms with Crippen LogP contribution in [0.1, 0.15) is 33.1 Å². The lowest BCUT2D eigenvalue weighted by atomic mass is 10.1. The quantitative estimate of drug-likeness (QED) is 0.709. The molecule has 0 aromatic carbocycles. The Labute approximate surface area is 101 Å². The molecule has 0 radical (unpaired) electrons. The number of hydrogen-bond donors (Lipinski definition) is 1. The molecular weight excluding hydrogens is 198 g/mol. The van der Waals surface area contributed by atoms with Gasteiger partial charge < -0.3 is 15.1 Å². The Morgan fingerprint density at radius 1 is 1.31 bits per heavy atom. The minimum atomic E-state index is 0.718. The summed E-state index contributed by atoms with van der Waals surface area (Å²) in [6.45, 7) is 12.0. The molecule has 96 valence electrons. The molecule has 3 nitrogen and oxygen atoms in total. The number of likely N-dealkylation sites (N-methyl/N-ethyl adjacent to an activating group) is 2. The van der Waals surface area contributed by atoms with Crippen LogP contribution < -0.4 is 5.32 Å². The Morgan fingerprint density at radius 2 is 2.12 bits per heavy atom. The van der Waals surface area contributed by atoms with Crippen molar-refractivity contribution in [1.29, 1.82) is 0 Å². The summed E-state index contributed by atoms with van der Waals surface area (Å²) in [5.74, 6) is 0. The summed E-state index contributed by atoms with van der Waals surface area (Å²) in [6, 6.07) is 0.718. The molecule has 1 fully saturated rings. The molecule has 1 aliphatic rings. The third kappa shape index (κ3) is 4.81. The molecule has 1 heterocycles. The molecule has 0 aliphatic carbocycles. The molecule has 0 aromatic heterocycles. The topological polar surface area (TPSA) is 18.5 Å². The number of rotatable bonds is 7. The van der Waals surface area contributed by atoms with Crippen LogP contribution in [-0.4, -0.2) is 62.2 Å². The van der Waals surface area contributed by atoms with E-state index in [4.69, 9.17) is 0 Å². The molecule has 1 rings (SSSR count). The van der Waals surface area contributed by atoms with Gasteiger partial charge in [0.15, 0.2) is 0 Å². The summed E-state index contributed by atoms with van der Waals surface area (Å²) >= 11 is 0. The average molecular weight is 227 g/mol. The highest BCUT2D eigenvalue weighted by atomic mass is 15.2. The monoisotopic (exact) mass is 227 g/mol. The molecule has 0 bridgehead atoms. The molecule has 0 amide bonds. The van der Waals surface area contributed by atoms with E-state index in [0.29, 0.717) is 0 Å². The minimum absolute atomic E-state index is 0.718. The molecule has 0 spiro atoms. The van der Waals surface area contributed by atoms with Crippen LogP contribution in [-0.2, 0) is 0 Å². The standard InChI is InChI=1S/C13H29N3/c1-4-8-15(5-2)10-11-16-9-6-7-13(12-16)14-3/h13-14H,4-12H2,1-3H3. The zero-order valence-corrected chi connectivity index (χ0v) is 11.3. The van der Waals surface area contributed by atoms with Gasteiger partial charge in [-0.05, 0) is 45.9 Å². The first kappa shape index (κ1) is 13.9. The van der Waals surface area contributed by atoms with Crippen molar-refractivity contribution in [1.82, 2.24) is 15.1 Å². The van der Waals surface area contributed by atoms with Gasteiger partial charge in [-0.2, -0.15) is 0 Å². The van der Waals surface area contributed by atoms with Crippen LogP contribution in [0.5, 0.6) is 0 Å². The second-order valence-corrected chi connectivity index (χ2v) is 4.86. The lowest BCUT2D eigenvalue weighted by molar-refractivity contribution is 0.165. The van der Waals surface area contributed by atoms with E-state index in [9.17, 15) is 0 Å². The predicted molar refractivity (Wildman–Crippen MR) is 70.9 cm³/mol. The molecule has 3 heteroatoms. The van der Waals surface area contributed by atoms with E-state index in [-0.39, 0.29) is 0 Å². The van der Waals surface area contributed by atoms with Gasteiger partial charge in [-0.15, -0.1) is 0 Å². The summed E-state index contributed by atoms with van der Waals surface area (Å²) in [5, 5.41) is 3.41. The molecule has 16 heavy (non-hydrogen) atoms. The lowest BCUT2D eigenvalue weighted by Crippen LogP contribution is -2.46. The van der Waals surface area contributed by atoms with Gasteiger partial charge in [-0.3, -0.25) is 0 Å². The molecule has 0 saturated carbocycles. The van der Waals surface area contributed by atoms with Crippen LogP contribution >= 0.6 is 0 Å². The highest BCUT2D eigenvalue weighted by Gasteiger charge is 2.18. The van der Waals surface area contributed by atoms with Crippen LogP contribution in [0.3, 0.4) is 0 Å². The van der Waals surface area contributed by atoms with E-state index >= 15 is 0 Å². The van der Waals surface area contributed by atoms with Gasteiger partial charge in [0, 0.05) is 25.7 Å². The fraction of sp³-hybridized carbons (Fsp3) is 1.00. The van der Waals surface area contributed by atoms with Gasteiger partial charge in [0.1, 0.15) is 0 Å². The molecule has 1 unspecified atom stereocenters. The first-order valence-corrected chi connectivity index (χ1v) is 6.92. The van der Waals surface area contributed by atoms with Crippen molar-refractivity contribution in [2.75, 3.05) is 46.3 Å². The summed E-state index contributed by atoms with van der Waals surface area (Å²) in [7, 11) is 2.09. The SMILES string of the molecule is CCCN(CC)CCN1CCCC(NC)C1. The number of nitrogens with one attached hydrogen (secondary N) is 1. The van der Waals surface area contributed by atoms with E-state index in [0.717, 1.165) is 6.04 Å². The maximum atomic E-state index is 3.41. The maximum absolute atomic E-state index is 3.41. The van der Waals surface area contributed by atoms with Crippen LogP contribution in [0.4, 0.5) is 0 Å². The predicted octanol–water partition coefficient (Wildman–Crippen LogP) is 1.40. The second-order valence-electron chi connectivity index (χ2n) is 4.86. The van der Waals surface area contributed by atoms with E-state index in [1.54, 1.807) is 0 Å². The van der Waals surface area contributed by atoms with Crippen molar-refractivity contribution in [2.24, 2.45) is 0 Å². The Morgan fingerprint density at radius 3 is 2.75 bits per heavy atom. The fourth-order valence-corrected chi connectivity index (χ4v) is 2.52. The Hall–Kier alpha value is -0.120. The molecule has 1 atom stereocenters. The van der Waals surface area contributed by atoms with Gasteiger partial charge in [0.05, 0.1) is 0 Å². The number of piperidine rings is 1. The first-order chi connectivity index (χ1) is 7.80. The van der Waals surface area contributed by atoms with Gasteiger partial charge in [0.25, 0.3) is 0 Å². The smallest absolute Gasteiger partial charge is 0.0192 e. The highest BCUT2D eigenvalue weighted by molar-refractivity contribution is 4.77. The largest absolute Gasteiger partial charge is 0.316 e. The second kappa shape index (κ2) is 8.04. The lowest BCUT2D eigenvalue weighted by Gasteiger charge is -2.34. The van der Waals surface area contributed by atoms with E-state index in [2.05, 4.69) is 36.0 Å². The van der Waals surface area contributed by atoms with Crippen LogP contribution in [0, 0.1) is 0 Å². The molecule has 1 saturated heterocycles. The molecular formula is C13H29N3. The van der Waals surface area contributed by atoms with Crippen molar-refractivity contribution in [3.8, 4) is 0 Å². The first-order valence-electron chi connectivity index (χ1n) is 6.92. The van der Waals surface area contributed by atoms with Gasteiger partial charge in [-0.25, -0.2) is 0 Å². The summed E-state index contributed by atoms with van der Waals surface area (Å²) in [6.07, 6.45) is 3.97. The van der Waals surface area contributed by atoms with Gasteiger partial charge in [0.2, 0.25) is 0 Å². The van der Waals surface area contributed by atoms with Crippen molar-refractivity contribution >= 4 is 0 Å². The zero-order valence-electron chi connectivity index (χ0n) is 11.3. The van der Waals surface area contributed by atoms with Crippen LogP contribution in [0.15, 0.2) is 0 Å². The van der Waals surface area contributed by atoms with Crippen LogP contribution in [0.2, 0.25) is 0 Å². The van der Waals surface area contributed by atoms with Crippen molar-refractivity contribution in [2.45, 2.75) is 39.2 Å². The third-order valence-electron chi connectivity index (χ3n) is 3.63. The summed E-state index contributed by atoms with van der Waals surface area (Å²) < 4.78 is 0. The van der Waals surface area contributed by atoms with E-state index in [1.165, 1.54) is 58.5 Å². The number of likely N-dealkylation sites (tertiary alicyclic amines) is 1. The van der Waals surface area contributed by atoms with E-state index in [1.807, 2.05) is 0 Å². The van der Waals surface area contributed by atoms with Gasteiger partial charge in [-0.1, -0.05) is 13.8 Å². The van der Waals surface area contributed by atoms with Gasteiger partial charge >= 0.3 is 0 Å². The van der Waals surface area contributed by atoms with Crippen molar-refractivity contribution in [3.63, 3.8) is 0 Å². The van der Waals surface area contributed by atoms with E-state index < -0.39 is 0 Å². The molecule has 0 aromatic rings. The number of nitrogens with zero attached hydrogens (tertiary/aromatic N) is 2. The molecule has 1 aliphatic heterocycles. The minimum Gasteiger partial charge on any atom is -0.316 e. The van der Waals surface area contributed by atoms with Crippen LogP contribution in [0.25, 0.3) is 0 Å². The van der Waals surface area contributed by atoms with Crippen molar-refractivity contribution < 1.29 is 0 Å². The summed E-state index contributed by atoms with van der Waals surface area (Å²) in [4.78, 5) is 5.17. The summed E-state index contributed by atoms with van der Waals surface area (Å²) in [5.41, 5.74) is 0.